The van der Waals surface area contributed by atoms with Gasteiger partial charge in [0.25, 0.3) is 10.0 Å². The van der Waals surface area contributed by atoms with Gasteiger partial charge in [0.1, 0.15) is 5.75 Å². The molecular weight excluding hydrogens is 355 g/mol. The van der Waals surface area contributed by atoms with E-state index in [1.165, 1.54) is 18.2 Å². The standard InChI is InChI=1S/C17H18F3NO3S/c1-3-4-12-5-8-14(9-6-12)25(22,23)21-13-7-10-16(24-2)15(11-13)17(18,19)20/h5-11,21H,3-4H2,1-2H3. The molecule has 0 aliphatic carbocycles. The summed E-state index contributed by atoms with van der Waals surface area (Å²) < 4.78 is 70.7. The van der Waals surface area contributed by atoms with Crippen molar-refractivity contribution in [3.63, 3.8) is 0 Å². The fraction of sp³-hybridized carbons (Fsp3) is 0.294. The van der Waals surface area contributed by atoms with E-state index in [9.17, 15) is 21.6 Å². The van der Waals surface area contributed by atoms with E-state index in [1.807, 2.05) is 6.92 Å². The largest absolute Gasteiger partial charge is 0.496 e. The molecule has 0 fully saturated rings. The average Bonchev–Trinajstić information content (AvgIpc) is 2.54. The molecule has 0 aliphatic heterocycles. The van der Waals surface area contributed by atoms with Gasteiger partial charge in [-0.05, 0) is 42.3 Å². The maximum Gasteiger partial charge on any atom is 0.420 e. The van der Waals surface area contributed by atoms with Crippen molar-refractivity contribution in [1.82, 2.24) is 0 Å². The van der Waals surface area contributed by atoms with Crippen molar-refractivity contribution in [3.8, 4) is 5.75 Å². The van der Waals surface area contributed by atoms with Crippen molar-refractivity contribution in [2.75, 3.05) is 11.8 Å². The molecule has 0 unspecified atom stereocenters. The van der Waals surface area contributed by atoms with Crippen molar-refractivity contribution >= 4 is 15.7 Å². The molecule has 0 saturated carbocycles. The number of methoxy groups -OCH3 is 1. The lowest BCUT2D eigenvalue weighted by atomic mass is 10.1. The number of hydrogen-bond acceptors (Lipinski definition) is 3. The quantitative estimate of drug-likeness (QED) is 0.813. The first kappa shape index (κ1) is 19.1. The van der Waals surface area contributed by atoms with E-state index in [0.717, 1.165) is 31.6 Å². The summed E-state index contributed by atoms with van der Waals surface area (Å²) in [5, 5.41) is 0. The summed E-state index contributed by atoms with van der Waals surface area (Å²) in [5.41, 5.74) is -0.246. The van der Waals surface area contributed by atoms with Crippen LogP contribution in [-0.2, 0) is 22.6 Å². The Balaban J connectivity index is 2.31. The fourth-order valence-electron chi connectivity index (χ4n) is 2.33. The van der Waals surface area contributed by atoms with Crippen molar-refractivity contribution in [2.24, 2.45) is 0 Å². The molecule has 136 valence electrons. The molecule has 0 saturated heterocycles. The Morgan fingerprint density at radius 3 is 2.24 bits per heavy atom. The van der Waals surface area contributed by atoms with Crippen LogP contribution in [0.4, 0.5) is 18.9 Å². The highest BCUT2D eigenvalue weighted by Gasteiger charge is 2.34. The molecule has 25 heavy (non-hydrogen) atoms. The monoisotopic (exact) mass is 373 g/mol. The smallest absolute Gasteiger partial charge is 0.420 e. The van der Waals surface area contributed by atoms with E-state index in [-0.39, 0.29) is 16.3 Å². The molecular formula is C17H18F3NO3S. The zero-order valence-corrected chi connectivity index (χ0v) is 14.5. The molecule has 0 amide bonds. The zero-order chi connectivity index (χ0) is 18.7. The van der Waals surface area contributed by atoms with Gasteiger partial charge in [0, 0.05) is 5.69 Å². The summed E-state index contributed by atoms with van der Waals surface area (Å²) in [7, 11) is -2.87. The molecule has 0 heterocycles. The van der Waals surface area contributed by atoms with E-state index in [2.05, 4.69) is 9.46 Å². The van der Waals surface area contributed by atoms with Crippen molar-refractivity contribution in [1.29, 1.82) is 0 Å². The van der Waals surface area contributed by atoms with Gasteiger partial charge in [0.15, 0.2) is 0 Å². The van der Waals surface area contributed by atoms with E-state index in [4.69, 9.17) is 0 Å². The molecule has 0 radical (unpaired) electrons. The average molecular weight is 373 g/mol. The highest BCUT2D eigenvalue weighted by Crippen LogP contribution is 2.38. The molecule has 2 rings (SSSR count). The summed E-state index contributed by atoms with van der Waals surface area (Å²) >= 11 is 0. The molecule has 4 nitrogen and oxygen atoms in total. The first-order valence-corrected chi connectivity index (χ1v) is 9.02. The maximum absolute atomic E-state index is 13.0. The van der Waals surface area contributed by atoms with Gasteiger partial charge in [-0.1, -0.05) is 25.5 Å². The number of hydrogen-bond donors (Lipinski definition) is 1. The Bertz CT molecular complexity index is 831. The van der Waals surface area contributed by atoms with Crippen molar-refractivity contribution < 1.29 is 26.3 Å². The van der Waals surface area contributed by atoms with Gasteiger partial charge in [-0.3, -0.25) is 4.72 Å². The molecule has 1 N–H and O–H groups in total. The van der Waals surface area contributed by atoms with Crippen LogP contribution in [-0.4, -0.2) is 15.5 Å². The summed E-state index contributed by atoms with van der Waals surface area (Å²) in [4.78, 5) is -0.0169. The van der Waals surface area contributed by atoms with Gasteiger partial charge in [-0.25, -0.2) is 8.42 Å². The SMILES string of the molecule is CCCc1ccc(S(=O)(=O)Nc2ccc(OC)c(C(F)(F)F)c2)cc1. The fourth-order valence-corrected chi connectivity index (χ4v) is 3.38. The zero-order valence-electron chi connectivity index (χ0n) is 13.7. The highest BCUT2D eigenvalue weighted by molar-refractivity contribution is 7.92. The van der Waals surface area contributed by atoms with Crippen LogP contribution in [0.5, 0.6) is 5.75 Å². The van der Waals surface area contributed by atoms with Gasteiger partial charge in [0.05, 0.1) is 17.6 Å². The minimum atomic E-state index is -4.66. The summed E-state index contributed by atoms with van der Waals surface area (Å²) in [5.74, 6) is -0.376. The third-order valence-corrected chi connectivity index (χ3v) is 4.93. The Morgan fingerprint density at radius 2 is 1.72 bits per heavy atom. The Kier molecular flexibility index (Phi) is 5.62. The molecule has 0 spiro atoms. The molecule has 2 aromatic rings. The topological polar surface area (TPSA) is 55.4 Å². The molecule has 0 aromatic heterocycles. The molecule has 0 atom stereocenters. The predicted octanol–water partition coefficient (Wildman–Crippen LogP) is 4.47. The van der Waals surface area contributed by atoms with Crippen LogP contribution in [0.1, 0.15) is 24.5 Å². The number of aryl methyl sites for hydroxylation is 1. The Hall–Kier alpha value is -2.22. The summed E-state index contributed by atoms with van der Waals surface area (Å²) in [6.07, 6.45) is -2.91. The molecule has 0 bridgehead atoms. The van der Waals surface area contributed by atoms with Crippen LogP contribution in [0.3, 0.4) is 0 Å². The minimum absolute atomic E-state index is 0.0169. The molecule has 2 aromatic carbocycles. The van der Waals surface area contributed by atoms with Gasteiger partial charge in [0.2, 0.25) is 0 Å². The number of nitrogens with one attached hydrogen (secondary N) is 1. The van der Waals surface area contributed by atoms with Crippen LogP contribution >= 0.6 is 0 Å². The number of rotatable bonds is 6. The minimum Gasteiger partial charge on any atom is -0.496 e. The summed E-state index contributed by atoms with van der Waals surface area (Å²) in [6, 6.07) is 9.24. The first-order chi connectivity index (χ1) is 11.7. The van der Waals surface area contributed by atoms with Crippen LogP contribution in [0.2, 0.25) is 0 Å². The lowest BCUT2D eigenvalue weighted by Gasteiger charge is -2.14. The first-order valence-electron chi connectivity index (χ1n) is 7.54. The van der Waals surface area contributed by atoms with Crippen LogP contribution in [0.15, 0.2) is 47.4 Å². The van der Waals surface area contributed by atoms with Crippen LogP contribution in [0.25, 0.3) is 0 Å². The number of anilines is 1. The summed E-state index contributed by atoms with van der Waals surface area (Å²) in [6.45, 7) is 2.01. The third-order valence-electron chi connectivity index (χ3n) is 3.53. The lowest BCUT2D eigenvalue weighted by Crippen LogP contribution is -2.14. The Morgan fingerprint density at radius 1 is 1.08 bits per heavy atom. The van der Waals surface area contributed by atoms with E-state index in [1.54, 1.807) is 12.1 Å². The predicted molar refractivity (Wildman–Crippen MR) is 89.2 cm³/mol. The number of ether oxygens (including phenoxy) is 1. The second-order valence-electron chi connectivity index (χ2n) is 5.41. The second kappa shape index (κ2) is 7.35. The van der Waals surface area contributed by atoms with Gasteiger partial charge < -0.3 is 4.74 Å². The normalized spacial score (nSPS) is 12.0. The highest BCUT2D eigenvalue weighted by atomic mass is 32.2. The van der Waals surface area contributed by atoms with Gasteiger partial charge >= 0.3 is 6.18 Å². The molecule has 0 aliphatic rings. The van der Waals surface area contributed by atoms with Crippen LogP contribution in [0, 0.1) is 0 Å². The number of halogens is 3. The molecule has 8 heteroatoms. The lowest BCUT2D eigenvalue weighted by molar-refractivity contribution is -0.138. The van der Waals surface area contributed by atoms with Gasteiger partial charge in [-0.15, -0.1) is 0 Å². The maximum atomic E-state index is 13.0. The number of sulfonamides is 1. The third kappa shape index (κ3) is 4.66. The Labute approximate surface area is 144 Å². The number of alkyl halides is 3. The second-order valence-corrected chi connectivity index (χ2v) is 7.09. The van der Waals surface area contributed by atoms with Crippen LogP contribution < -0.4 is 9.46 Å². The van der Waals surface area contributed by atoms with Gasteiger partial charge in [-0.2, -0.15) is 13.2 Å². The number of benzene rings is 2. The van der Waals surface area contributed by atoms with E-state index in [0.29, 0.717) is 6.07 Å². The van der Waals surface area contributed by atoms with Crippen molar-refractivity contribution in [2.45, 2.75) is 30.8 Å². The van der Waals surface area contributed by atoms with Crippen molar-refractivity contribution in [3.05, 3.63) is 53.6 Å². The van der Waals surface area contributed by atoms with E-state index < -0.39 is 21.8 Å². The van der Waals surface area contributed by atoms with E-state index >= 15 is 0 Å².